The normalized spacial score (nSPS) is 14.5. The molecule has 1 N–H and O–H groups in total. The highest BCUT2D eigenvalue weighted by atomic mass is 16.1. The van der Waals surface area contributed by atoms with Crippen molar-refractivity contribution in [1.82, 2.24) is 39.9 Å². The predicted octanol–water partition coefficient (Wildman–Crippen LogP) is 1.37. The van der Waals surface area contributed by atoms with Crippen molar-refractivity contribution >= 4 is 22.8 Å². The number of piperazine rings is 1. The van der Waals surface area contributed by atoms with E-state index in [4.69, 9.17) is 0 Å². The lowest BCUT2D eigenvalue weighted by Gasteiger charge is -2.35. The topological polar surface area (TPSA) is 105 Å². The molecule has 1 aliphatic rings. The van der Waals surface area contributed by atoms with Gasteiger partial charge in [0.05, 0.1) is 24.3 Å². The number of hydrogen-bond donors (Lipinski definition) is 1. The zero-order valence-electron chi connectivity index (χ0n) is 18.2. The van der Waals surface area contributed by atoms with Crippen LogP contribution >= 0.6 is 0 Å². The number of nitrogens with zero attached hydrogens (tertiary/aromatic N) is 8. The van der Waals surface area contributed by atoms with E-state index in [0.29, 0.717) is 18.8 Å². The number of fused-ring (bicyclic) bond motifs is 1. The summed E-state index contributed by atoms with van der Waals surface area (Å²) in [5.41, 5.74) is 2.39. The molecular weight excluding hydrogens is 418 g/mol. The molecule has 1 aromatic carbocycles. The molecule has 4 aromatic rings. The van der Waals surface area contributed by atoms with Crippen LogP contribution in [0.3, 0.4) is 0 Å². The Morgan fingerprint density at radius 1 is 0.970 bits per heavy atom. The highest BCUT2D eigenvalue weighted by molar-refractivity contribution is 5.91. The summed E-state index contributed by atoms with van der Waals surface area (Å²) in [6.07, 6.45) is 7.87. The van der Waals surface area contributed by atoms with Gasteiger partial charge < -0.3 is 10.2 Å². The van der Waals surface area contributed by atoms with Gasteiger partial charge in [-0.25, -0.2) is 19.6 Å². The fraction of sp³-hybridized carbons (Fsp3) is 0.304. The van der Waals surface area contributed by atoms with Crippen LogP contribution in [0, 0.1) is 0 Å². The van der Waals surface area contributed by atoms with Crippen molar-refractivity contribution in [3.05, 3.63) is 72.7 Å². The minimum atomic E-state index is -0.261. The number of carbonyl (C=O) groups is 1. The molecule has 0 bridgehead atoms. The largest absolute Gasteiger partial charge is 0.353 e. The summed E-state index contributed by atoms with van der Waals surface area (Å²) in [7, 11) is 0. The summed E-state index contributed by atoms with van der Waals surface area (Å²) in [5, 5.41) is 8.26. The van der Waals surface area contributed by atoms with Crippen LogP contribution in [-0.4, -0.2) is 73.2 Å². The van der Waals surface area contributed by atoms with Gasteiger partial charge in [0, 0.05) is 51.7 Å². The molecule has 33 heavy (non-hydrogen) atoms. The first-order valence-electron chi connectivity index (χ1n) is 11.0. The molecule has 0 aliphatic carbocycles. The molecule has 1 saturated heterocycles. The second kappa shape index (κ2) is 9.70. The van der Waals surface area contributed by atoms with E-state index >= 15 is 0 Å². The second-order valence-electron chi connectivity index (χ2n) is 7.90. The Labute approximate surface area is 191 Å². The maximum absolute atomic E-state index is 12.2. The Kier molecular flexibility index (Phi) is 6.16. The van der Waals surface area contributed by atoms with E-state index in [2.05, 4.69) is 64.4 Å². The number of rotatable bonds is 7. The number of nitrogens with one attached hydrogen (secondary N) is 1. The maximum atomic E-state index is 12.2. The van der Waals surface area contributed by atoms with Gasteiger partial charge >= 0.3 is 0 Å². The van der Waals surface area contributed by atoms with Crippen molar-refractivity contribution in [2.24, 2.45) is 0 Å². The van der Waals surface area contributed by atoms with Crippen molar-refractivity contribution in [3.63, 3.8) is 0 Å². The molecule has 1 amide bonds. The number of benzene rings is 1. The standard InChI is InChI=1S/C23H25N9O/c33-23(20-15-24-6-7-25-20)26-8-9-32-22-19(14-29-32)21(27-17-28-22)31-12-10-30(11-13-31)16-18-4-2-1-3-5-18/h1-7,14-15,17H,8-13,16H2,(H,26,33). The average molecular weight is 444 g/mol. The third-order valence-electron chi connectivity index (χ3n) is 5.74. The van der Waals surface area contributed by atoms with Crippen molar-refractivity contribution in [2.75, 3.05) is 37.6 Å². The molecule has 1 fully saturated rings. The smallest absolute Gasteiger partial charge is 0.271 e. The quantitative estimate of drug-likeness (QED) is 0.457. The molecule has 0 unspecified atom stereocenters. The summed E-state index contributed by atoms with van der Waals surface area (Å²) in [6.45, 7) is 5.62. The molecule has 10 heteroatoms. The van der Waals surface area contributed by atoms with Gasteiger partial charge in [-0.1, -0.05) is 30.3 Å². The van der Waals surface area contributed by atoms with Gasteiger partial charge in [0.1, 0.15) is 17.8 Å². The number of anilines is 1. The van der Waals surface area contributed by atoms with Crippen LogP contribution in [0.25, 0.3) is 11.0 Å². The second-order valence-corrected chi connectivity index (χ2v) is 7.90. The van der Waals surface area contributed by atoms with E-state index in [9.17, 15) is 4.79 Å². The molecule has 168 valence electrons. The predicted molar refractivity (Wildman–Crippen MR) is 124 cm³/mol. The lowest BCUT2D eigenvalue weighted by molar-refractivity contribution is 0.0946. The molecule has 0 radical (unpaired) electrons. The number of carbonyl (C=O) groups excluding carboxylic acids is 1. The number of amides is 1. The Hall–Kier alpha value is -3.92. The fourth-order valence-electron chi connectivity index (χ4n) is 4.04. The summed E-state index contributed by atoms with van der Waals surface area (Å²) in [5.74, 6) is 0.650. The monoisotopic (exact) mass is 443 g/mol. The number of aromatic nitrogens is 6. The van der Waals surface area contributed by atoms with Gasteiger partial charge in [0.25, 0.3) is 5.91 Å². The highest BCUT2D eigenvalue weighted by Gasteiger charge is 2.21. The molecule has 0 atom stereocenters. The van der Waals surface area contributed by atoms with Crippen LogP contribution in [0.2, 0.25) is 0 Å². The van der Waals surface area contributed by atoms with E-state index in [0.717, 1.165) is 49.6 Å². The zero-order valence-corrected chi connectivity index (χ0v) is 18.2. The molecule has 0 saturated carbocycles. The minimum absolute atomic E-state index is 0.261. The van der Waals surface area contributed by atoms with E-state index < -0.39 is 0 Å². The van der Waals surface area contributed by atoms with Gasteiger partial charge in [-0.15, -0.1) is 0 Å². The average Bonchev–Trinajstić information content (AvgIpc) is 3.29. The van der Waals surface area contributed by atoms with Crippen LogP contribution < -0.4 is 10.2 Å². The summed E-state index contributed by atoms with van der Waals surface area (Å²) >= 11 is 0. The van der Waals surface area contributed by atoms with Gasteiger partial charge in [-0.3, -0.25) is 14.7 Å². The summed E-state index contributed by atoms with van der Waals surface area (Å²) < 4.78 is 1.79. The Bertz CT molecular complexity index is 1200. The summed E-state index contributed by atoms with van der Waals surface area (Å²) in [6, 6.07) is 10.6. The molecule has 4 heterocycles. The zero-order chi connectivity index (χ0) is 22.5. The Morgan fingerprint density at radius 2 is 1.82 bits per heavy atom. The van der Waals surface area contributed by atoms with Crippen molar-refractivity contribution in [3.8, 4) is 0 Å². The van der Waals surface area contributed by atoms with Crippen LogP contribution in [0.4, 0.5) is 5.82 Å². The van der Waals surface area contributed by atoms with E-state index in [-0.39, 0.29) is 5.91 Å². The first-order chi connectivity index (χ1) is 16.3. The van der Waals surface area contributed by atoms with Crippen LogP contribution in [-0.2, 0) is 13.1 Å². The van der Waals surface area contributed by atoms with E-state index in [1.807, 2.05) is 12.3 Å². The lowest BCUT2D eigenvalue weighted by Crippen LogP contribution is -2.46. The molecular formula is C23H25N9O. The first-order valence-corrected chi connectivity index (χ1v) is 11.0. The third-order valence-corrected chi connectivity index (χ3v) is 5.74. The Morgan fingerprint density at radius 3 is 2.61 bits per heavy atom. The minimum Gasteiger partial charge on any atom is -0.353 e. The Balaban J connectivity index is 1.20. The van der Waals surface area contributed by atoms with E-state index in [1.165, 1.54) is 24.2 Å². The van der Waals surface area contributed by atoms with Gasteiger partial charge in [-0.2, -0.15) is 5.10 Å². The molecule has 5 rings (SSSR count). The SMILES string of the molecule is O=C(NCCn1ncc2c(N3CCN(Cc4ccccc4)CC3)ncnc21)c1cnccn1. The maximum Gasteiger partial charge on any atom is 0.271 e. The molecule has 3 aromatic heterocycles. The molecule has 10 nitrogen and oxygen atoms in total. The van der Waals surface area contributed by atoms with Crippen LogP contribution in [0.15, 0.2) is 61.4 Å². The van der Waals surface area contributed by atoms with Crippen LogP contribution in [0.1, 0.15) is 16.1 Å². The van der Waals surface area contributed by atoms with Crippen LogP contribution in [0.5, 0.6) is 0 Å². The first kappa shape index (κ1) is 21.0. The number of hydrogen-bond acceptors (Lipinski definition) is 8. The van der Waals surface area contributed by atoms with Crippen molar-refractivity contribution in [2.45, 2.75) is 13.1 Å². The van der Waals surface area contributed by atoms with E-state index in [1.54, 1.807) is 11.0 Å². The van der Waals surface area contributed by atoms with Gasteiger partial charge in [0.15, 0.2) is 5.65 Å². The van der Waals surface area contributed by atoms with Crippen molar-refractivity contribution in [1.29, 1.82) is 0 Å². The van der Waals surface area contributed by atoms with Gasteiger partial charge in [-0.05, 0) is 5.56 Å². The van der Waals surface area contributed by atoms with Gasteiger partial charge in [0.2, 0.25) is 0 Å². The molecule has 0 spiro atoms. The lowest BCUT2D eigenvalue weighted by atomic mass is 10.2. The van der Waals surface area contributed by atoms with Crippen molar-refractivity contribution < 1.29 is 4.79 Å². The fourth-order valence-corrected chi connectivity index (χ4v) is 4.04. The summed E-state index contributed by atoms with van der Waals surface area (Å²) in [4.78, 5) is 33.9. The molecule has 1 aliphatic heterocycles. The third kappa shape index (κ3) is 4.80. The highest BCUT2D eigenvalue weighted by Crippen LogP contribution is 2.24.